The number of hydrogen-bond acceptors (Lipinski definition) is 5. The van der Waals surface area contributed by atoms with Gasteiger partial charge in [-0.15, -0.1) is 0 Å². The minimum Gasteiger partial charge on any atom is -0.377 e. The largest absolute Gasteiger partial charge is 0.377 e. The van der Waals surface area contributed by atoms with Crippen LogP contribution in [0.15, 0.2) is 42.6 Å². The van der Waals surface area contributed by atoms with Crippen LogP contribution in [0.3, 0.4) is 0 Å². The molecule has 1 fully saturated rings. The molecule has 1 aromatic heterocycles. The van der Waals surface area contributed by atoms with E-state index >= 15 is 0 Å². The van der Waals surface area contributed by atoms with E-state index in [1.54, 1.807) is 31.4 Å². The SMILES string of the molecule is COCc1nccc(NC(=O)N2CC(OC)(c3ccccc3)C2)n1. The number of urea groups is 1. The van der Waals surface area contributed by atoms with Crippen LogP contribution < -0.4 is 5.32 Å². The fourth-order valence-electron chi connectivity index (χ4n) is 2.74. The molecule has 2 amide bonds. The number of rotatable bonds is 5. The molecular weight excluding hydrogens is 308 g/mol. The van der Waals surface area contributed by atoms with Gasteiger partial charge in [0.1, 0.15) is 18.0 Å². The Balaban J connectivity index is 1.63. The van der Waals surface area contributed by atoms with E-state index in [4.69, 9.17) is 9.47 Å². The van der Waals surface area contributed by atoms with Crippen LogP contribution in [-0.4, -0.2) is 48.2 Å². The van der Waals surface area contributed by atoms with E-state index in [9.17, 15) is 4.79 Å². The number of likely N-dealkylation sites (tertiary alicyclic amines) is 1. The van der Waals surface area contributed by atoms with Crippen molar-refractivity contribution in [3.05, 3.63) is 54.0 Å². The van der Waals surface area contributed by atoms with Crippen molar-refractivity contribution in [2.75, 3.05) is 32.6 Å². The van der Waals surface area contributed by atoms with E-state index in [-0.39, 0.29) is 6.03 Å². The number of ether oxygens (including phenoxy) is 2. The summed E-state index contributed by atoms with van der Waals surface area (Å²) < 4.78 is 10.7. The lowest BCUT2D eigenvalue weighted by molar-refractivity contribution is -0.109. The Morgan fingerprint density at radius 2 is 2.00 bits per heavy atom. The Morgan fingerprint density at radius 1 is 1.25 bits per heavy atom. The Morgan fingerprint density at radius 3 is 2.67 bits per heavy atom. The molecule has 0 atom stereocenters. The quantitative estimate of drug-likeness (QED) is 0.908. The second kappa shape index (κ2) is 6.94. The number of amides is 2. The molecule has 0 unspecified atom stereocenters. The maximum atomic E-state index is 12.4. The summed E-state index contributed by atoms with van der Waals surface area (Å²) in [6.07, 6.45) is 1.59. The van der Waals surface area contributed by atoms with Gasteiger partial charge in [-0.25, -0.2) is 14.8 Å². The molecule has 126 valence electrons. The molecule has 0 spiro atoms. The number of nitrogens with zero attached hydrogens (tertiary/aromatic N) is 3. The van der Waals surface area contributed by atoms with Crippen LogP contribution in [-0.2, 0) is 21.7 Å². The Bertz CT molecular complexity index is 702. The van der Waals surface area contributed by atoms with Crippen molar-refractivity contribution in [2.45, 2.75) is 12.2 Å². The van der Waals surface area contributed by atoms with Gasteiger partial charge in [0.25, 0.3) is 0 Å². The van der Waals surface area contributed by atoms with Crippen molar-refractivity contribution in [3.8, 4) is 0 Å². The second-order valence-electron chi connectivity index (χ2n) is 5.64. The average Bonchev–Trinajstić information content (AvgIpc) is 2.56. The summed E-state index contributed by atoms with van der Waals surface area (Å²) in [6.45, 7) is 1.29. The lowest BCUT2D eigenvalue weighted by atomic mass is 9.86. The maximum Gasteiger partial charge on any atom is 0.323 e. The first-order valence-corrected chi connectivity index (χ1v) is 7.64. The zero-order valence-electron chi connectivity index (χ0n) is 13.7. The van der Waals surface area contributed by atoms with Crippen LogP contribution in [0.25, 0.3) is 0 Å². The van der Waals surface area contributed by atoms with E-state index in [1.807, 2.05) is 30.3 Å². The zero-order valence-corrected chi connectivity index (χ0v) is 13.7. The third-order valence-electron chi connectivity index (χ3n) is 4.08. The molecule has 0 bridgehead atoms. The predicted molar refractivity (Wildman–Crippen MR) is 88.5 cm³/mol. The summed E-state index contributed by atoms with van der Waals surface area (Å²) in [5, 5.41) is 2.78. The molecule has 0 radical (unpaired) electrons. The number of aromatic nitrogens is 2. The van der Waals surface area contributed by atoms with Crippen molar-refractivity contribution in [2.24, 2.45) is 0 Å². The highest BCUT2D eigenvalue weighted by molar-refractivity contribution is 5.89. The van der Waals surface area contributed by atoms with E-state index in [2.05, 4.69) is 15.3 Å². The van der Waals surface area contributed by atoms with Crippen LogP contribution in [0.2, 0.25) is 0 Å². The number of carbonyl (C=O) groups excluding carboxylic acids is 1. The first kappa shape index (κ1) is 16.4. The lowest BCUT2D eigenvalue weighted by Crippen LogP contribution is -2.63. The van der Waals surface area contributed by atoms with Crippen molar-refractivity contribution < 1.29 is 14.3 Å². The van der Waals surface area contributed by atoms with Gasteiger partial charge in [0, 0.05) is 20.4 Å². The molecule has 1 aliphatic heterocycles. The highest BCUT2D eigenvalue weighted by Crippen LogP contribution is 2.35. The summed E-state index contributed by atoms with van der Waals surface area (Å²) in [5.41, 5.74) is 0.631. The van der Waals surface area contributed by atoms with Gasteiger partial charge < -0.3 is 14.4 Å². The molecule has 1 N–H and O–H groups in total. The van der Waals surface area contributed by atoms with E-state index < -0.39 is 5.60 Å². The summed E-state index contributed by atoms with van der Waals surface area (Å²) >= 11 is 0. The first-order chi connectivity index (χ1) is 11.7. The molecule has 1 aliphatic rings. The number of anilines is 1. The molecule has 2 heterocycles. The van der Waals surface area contributed by atoms with Gasteiger partial charge in [0.05, 0.1) is 13.1 Å². The molecule has 2 aromatic rings. The highest BCUT2D eigenvalue weighted by atomic mass is 16.5. The van der Waals surface area contributed by atoms with Gasteiger partial charge in [-0.2, -0.15) is 0 Å². The van der Waals surface area contributed by atoms with Crippen LogP contribution in [0, 0.1) is 0 Å². The van der Waals surface area contributed by atoms with Crippen molar-refractivity contribution in [3.63, 3.8) is 0 Å². The smallest absolute Gasteiger partial charge is 0.323 e. The minimum atomic E-state index is -0.439. The van der Waals surface area contributed by atoms with Crippen molar-refractivity contribution in [1.29, 1.82) is 0 Å². The van der Waals surface area contributed by atoms with Gasteiger partial charge >= 0.3 is 6.03 Å². The van der Waals surface area contributed by atoms with E-state index in [1.165, 1.54) is 0 Å². The summed E-state index contributed by atoms with van der Waals surface area (Å²) in [4.78, 5) is 22.4. The molecule has 3 rings (SSSR count). The molecule has 1 saturated heterocycles. The van der Waals surface area contributed by atoms with Crippen LogP contribution in [0.1, 0.15) is 11.4 Å². The number of nitrogens with one attached hydrogen (secondary N) is 1. The van der Waals surface area contributed by atoms with Gasteiger partial charge in [-0.05, 0) is 11.6 Å². The predicted octanol–water partition coefficient (Wildman–Crippen LogP) is 2.01. The molecule has 1 aromatic carbocycles. The summed E-state index contributed by atoms with van der Waals surface area (Å²) in [6, 6.07) is 11.4. The first-order valence-electron chi connectivity index (χ1n) is 7.64. The number of carbonyl (C=O) groups is 1. The second-order valence-corrected chi connectivity index (χ2v) is 5.64. The molecule has 0 aliphatic carbocycles. The van der Waals surface area contributed by atoms with Crippen molar-refractivity contribution >= 4 is 11.8 Å². The highest BCUT2D eigenvalue weighted by Gasteiger charge is 2.47. The van der Waals surface area contributed by atoms with Gasteiger partial charge in [-0.3, -0.25) is 5.32 Å². The lowest BCUT2D eigenvalue weighted by Gasteiger charge is -2.49. The van der Waals surface area contributed by atoms with Gasteiger partial charge in [0.2, 0.25) is 0 Å². The fraction of sp³-hybridized carbons (Fsp3) is 0.353. The fourth-order valence-corrected chi connectivity index (χ4v) is 2.74. The normalized spacial score (nSPS) is 15.7. The van der Waals surface area contributed by atoms with Crippen LogP contribution >= 0.6 is 0 Å². The summed E-state index contributed by atoms with van der Waals surface area (Å²) in [5.74, 6) is 0.978. The van der Waals surface area contributed by atoms with Crippen molar-refractivity contribution in [1.82, 2.24) is 14.9 Å². The van der Waals surface area contributed by atoms with E-state index in [0.717, 1.165) is 5.56 Å². The summed E-state index contributed by atoms with van der Waals surface area (Å²) in [7, 11) is 3.24. The molecule has 0 saturated carbocycles. The minimum absolute atomic E-state index is 0.208. The standard InChI is InChI=1S/C17H20N4O3/c1-23-10-15-18-9-8-14(19-15)20-16(22)21-11-17(12-21,24-2)13-6-4-3-5-7-13/h3-9H,10-12H2,1-2H3,(H,18,19,20,22). The molecular formula is C17H20N4O3. The third-order valence-corrected chi connectivity index (χ3v) is 4.08. The third kappa shape index (κ3) is 3.22. The topological polar surface area (TPSA) is 76.6 Å². The van der Waals surface area contributed by atoms with Gasteiger partial charge in [-0.1, -0.05) is 30.3 Å². The van der Waals surface area contributed by atoms with Crippen LogP contribution in [0.4, 0.5) is 10.6 Å². The average molecular weight is 328 g/mol. The Kier molecular flexibility index (Phi) is 4.73. The number of hydrogen-bond donors (Lipinski definition) is 1. The Labute approximate surface area is 140 Å². The molecule has 24 heavy (non-hydrogen) atoms. The zero-order chi connectivity index (χ0) is 17.0. The number of methoxy groups -OCH3 is 2. The van der Waals surface area contributed by atoms with E-state index in [0.29, 0.717) is 31.3 Å². The maximum absolute atomic E-state index is 12.4. The monoisotopic (exact) mass is 328 g/mol. The Hall–Kier alpha value is -2.51. The van der Waals surface area contributed by atoms with Crippen LogP contribution in [0.5, 0.6) is 0 Å². The van der Waals surface area contributed by atoms with Gasteiger partial charge in [0.15, 0.2) is 5.82 Å². The molecule has 7 heteroatoms. The molecule has 7 nitrogen and oxygen atoms in total. The number of benzene rings is 1.